The largest absolute Gasteiger partial charge is 0.458 e. The average molecular weight is 678 g/mol. The van der Waals surface area contributed by atoms with Crippen LogP contribution in [0.1, 0.15) is 60.3 Å². The van der Waals surface area contributed by atoms with E-state index in [0.717, 1.165) is 12.0 Å². The van der Waals surface area contributed by atoms with E-state index >= 15 is 0 Å². The average Bonchev–Trinajstić information content (AvgIpc) is 3.60. The van der Waals surface area contributed by atoms with Crippen LogP contribution in [0, 0.1) is 29.6 Å². The van der Waals surface area contributed by atoms with Crippen LogP contribution in [0.5, 0.6) is 0 Å². The van der Waals surface area contributed by atoms with Crippen molar-refractivity contribution >= 4 is 23.7 Å². The fourth-order valence-corrected chi connectivity index (χ4v) is 7.51. The van der Waals surface area contributed by atoms with Crippen molar-refractivity contribution < 1.29 is 47.9 Å². The molecule has 14 atom stereocenters. The molecule has 260 valence electrons. The molecule has 1 aliphatic carbocycles. The van der Waals surface area contributed by atoms with Crippen molar-refractivity contribution in [3.05, 3.63) is 36.0 Å². The predicted molar refractivity (Wildman–Crippen MR) is 172 cm³/mol. The number of allylic oxidation sites excluding steroid dienone is 3. The Morgan fingerprint density at radius 3 is 2.57 bits per heavy atom. The third-order valence-electron chi connectivity index (χ3n) is 9.96. The lowest BCUT2D eigenvalue weighted by Gasteiger charge is -2.51. The fourth-order valence-electron chi connectivity index (χ4n) is 7.26. The van der Waals surface area contributed by atoms with Gasteiger partial charge in [-0.05, 0) is 39.3 Å². The molecule has 4 aliphatic heterocycles. The number of aliphatic hydroxyl groups is 1. The SMILES string of the molecule is COC1C=C(C)CC(C=CC=CC#CC2CC2Cl)OC(=O)CC2(O)CC(OC3OC(C)C4NC(=O)OC4(C)C3OC)C(C)C(O2)C1C. The number of hydrogen-bond acceptors (Lipinski definition) is 10. The van der Waals surface area contributed by atoms with Gasteiger partial charge >= 0.3 is 12.1 Å². The van der Waals surface area contributed by atoms with Crippen LogP contribution in [0.4, 0.5) is 4.79 Å². The molecule has 0 aromatic carbocycles. The minimum Gasteiger partial charge on any atom is -0.458 e. The zero-order valence-corrected chi connectivity index (χ0v) is 28.9. The van der Waals surface area contributed by atoms with Gasteiger partial charge in [0, 0.05) is 50.2 Å². The summed E-state index contributed by atoms with van der Waals surface area (Å²) < 4.78 is 42.5. The second kappa shape index (κ2) is 14.6. The summed E-state index contributed by atoms with van der Waals surface area (Å²) in [5.41, 5.74) is -0.0797. The van der Waals surface area contributed by atoms with E-state index in [2.05, 4.69) is 17.2 Å². The van der Waals surface area contributed by atoms with Gasteiger partial charge in [0.05, 0.1) is 30.8 Å². The lowest BCUT2D eigenvalue weighted by Crippen LogP contribution is -2.67. The van der Waals surface area contributed by atoms with E-state index in [9.17, 15) is 14.7 Å². The molecule has 4 heterocycles. The Kier molecular flexibility index (Phi) is 11.1. The van der Waals surface area contributed by atoms with Crippen LogP contribution in [0.2, 0.25) is 0 Å². The number of alkyl carbamates (subject to hydrolysis) is 1. The van der Waals surface area contributed by atoms with Gasteiger partial charge in [0.1, 0.15) is 18.2 Å². The van der Waals surface area contributed by atoms with Crippen LogP contribution in [0.25, 0.3) is 0 Å². The maximum absolute atomic E-state index is 13.4. The molecule has 1 saturated carbocycles. The maximum Gasteiger partial charge on any atom is 0.408 e. The van der Waals surface area contributed by atoms with Crippen molar-refractivity contribution in [3.63, 3.8) is 0 Å². The summed E-state index contributed by atoms with van der Waals surface area (Å²) >= 11 is 6.01. The summed E-state index contributed by atoms with van der Waals surface area (Å²) in [5, 5.41) is 14.8. The van der Waals surface area contributed by atoms with E-state index in [-0.39, 0.29) is 35.7 Å². The van der Waals surface area contributed by atoms with Crippen molar-refractivity contribution in [1.82, 2.24) is 5.32 Å². The summed E-state index contributed by atoms with van der Waals surface area (Å²) in [5.74, 6) is 3.34. The molecule has 5 aliphatic rings. The normalized spacial score (nSPS) is 45.4. The van der Waals surface area contributed by atoms with E-state index in [4.69, 9.17) is 44.8 Å². The summed E-state index contributed by atoms with van der Waals surface area (Å²) in [7, 11) is 3.14. The van der Waals surface area contributed by atoms with Gasteiger partial charge in [0.15, 0.2) is 17.7 Å². The molecule has 1 amide bonds. The zero-order chi connectivity index (χ0) is 34.1. The van der Waals surface area contributed by atoms with Gasteiger partial charge in [-0.2, -0.15) is 0 Å². The zero-order valence-electron chi connectivity index (χ0n) is 28.1. The van der Waals surface area contributed by atoms with Crippen LogP contribution in [-0.2, 0) is 38.0 Å². The molecule has 4 fully saturated rings. The van der Waals surface area contributed by atoms with Gasteiger partial charge in [-0.25, -0.2) is 4.79 Å². The fraction of sp³-hybridized carbons (Fsp3) is 0.714. The van der Waals surface area contributed by atoms with Gasteiger partial charge in [0.2, 0.25) is 0 Å². The van der Waals surface area contributed by atoms with Crippen LogP contribution in [0.15, 0.2) is 36.0 Å². The number of nitrogens with one attached hydrogen (secondary N) is 1. The first-order chi connectivity index (χ1) is 22.3. The van der Waals surface area contributed by atoms with Crippen molar-refractivity contribution in [2.75, 3.05) is 14.2 Å². The minimum absolute atomic E-state index is 0.0338. The number of fused-ring (bicyclic) bond motifs is 3. The van der Waals surface area contributed by atoms with Gasteiger partial charge in [-0.15, -0.1) is 11.6 Å². The van der Waals surface area contributed by atoms with Gasteiger partial charge < -0.3 is 43.6 Å². The number of esters is 1. The standard InChI is InChI=1S/C35H48ClNO10/c1-19-14-24(13-11-9-8-10-12-23-16-25(23)36)44-28(38)18-35(40)17-27(21(3)29(46-35)20(2)26(15-19)41-6)45-32-31(42-7)34(5)30(22(4)43-32)37-33(39)47-34/h8-9,11,13,15,20-27,29-32,40H,14,16-18H2,1-7H3,(H,37,39). The van der Waals surface area contributed by atoms with Crippen molar-refractivity contribution in [3.8, 4) is 11.8 Å². The first-order valence-electron chi connectivity index (χ1n) is 16.4. The van der Waals surface area contributed by atoms with E-state index in [0.29, 0.717) is 6.42 Å². The van der Waals surface area contributed by atoms with Crippen LogP contribution < -0.4 is 5.32 Å². The number of cyclic esters (lactones) is 1. The quantitative estimate of drug-likeness (QED) is 0.139. The highest BCUT2D eigenvalue weighted by molar-refractivity contribution is 6.22. The molecule has 12 heteroatoms. The van der Waals surface area contributed by atoms with Crippen LogP contribution in [-0.4, -0.2) is 97.1 Å². The second-order valence-corrected chi connectivity index (χ2v) is 14.3. The van der Waals surface area contributed by atoms with Gasteiger partial charge in [-0.1, -0.05) is 49.5 Å². The summed E-state index contributed by atoms with van der Waals surface area (Å²) in [6, 6.07) is -0.443. The Morgan fingerprint density at radius 1 is 1.15 bits per heavy atom. The molecule has 2 N–H and O–H groups in total. The molecule has 14 unspecified atom stereocenters. The number of hydrogen-bond donors (Lipinski definition) is 2. The Hall–Kier alpha value is -2.43. The molecule has 11 nitrogen and oxygen atoms in total. The number of halogens is 1. The number of amides is 1. The third-order valence-corrected chi connectivity index (χ3v) is 10.4. The molecule has 3 saturated heterocycles. The second-order valence-electron chi connectivity index (χ2n) is 13.7. The number of rotatable bonds is 6. The summed E-state index contributed by atoms with van der Waals surface area (Å²) in [4.78, 5) is 25.6. The summed E-state index contributed by atoms with van der Waals surface area (Å²) in [6.45, 7) is 9.57. The van der Waals surface area contributed by atoms with Crippen LogP contribution in [0.3, 0.4) is 0 Å². The first kappa shape index (κ1) is 35.9. The number of alkyl halides is 1. The monoisotopic (exact) mass is 677 g/mol. The highest BCUT2D eigenvalue weighted by Gasteiger charge is 2.61. The van der Waals surface area contributed by atoms with E-state index < -0.39 is 72.7 Å². The molecule has 0 aromatic rings. The predicted octanol–water partition coefficient (Wildman–Crippen LogP) is 4.16. The number of carbonyl (C=O) groups excluding carboxylic acids is 2. The Labute approximate surface area is 282 Å². The molecule has 5 rings (SSSR count). The van der Waals surface area contributed by atoms with Crippen LogP contribution >= 0.6 is 11.6 Å². The molecule has 0 radical (unpaired) electrons. The Balaban J connectivity index is 1.37. The highest BCUT2D eigenvalue weighted by Crippen LogP contribution is 2.44. The lowest BCUT2D eigenvalue weighted by molar-refractivity contribution is -0.348. The van der Waals surface area contributed by atoms with Crippen molar-refractivity contribution in [2.24, 2.45) is 17.8 Å². The highest BCUT2D eigenvalue weighted by atomic mass is 35.5. The lowest BCUT2D eigenvalue weighted by atomic mass is 9.79. The van der Waals surface area contributed by atoms with Crippen molar-refractivity contribution in [1.29, 1.82) is 0 Å². The maximum atomic E-state index is 13.4. The van der Waals surface area contributed by atoms with Gasteiger partial charge in [0.25, 0.3) is 0 Å². The first-order valence-corrected chi connectivity index (χ1v) is 16.8. The minimum atomic E-state index is -1.90. The number of ether oxygens (including phenoxy) is 7. The molecular weight excluding hydrogens is 630 g/mol. The Morgan fingerprint density at radius 2 is 1.89 bits per heavy atom. The third kappa shape index (κ3) is 8.07. The number of methoxy groups -OCH3 is 2. The Bertz CT molecular complexity index is 1320. The molecule has 0 spiro atoms. The van der Waals surface area contributed by atoms with E-state index in [1.807, 2.05) is 33.8 Å². The van der Waals surface area contributed by atoms with E-state index in [1.54, 1.807) is 38.3 Å². The van der Waals surface area contributed by atoms with Gasteiger partial charge in [-0.3, -0.25) is 4.79 Å². The molecular formula is C35H48ClNO10. The molecule has 47 heavy (non-hydrogen) atoms. The van der Waals surface area contributed by atoms with E-state index in [1.165, 1.54) is 7.11 Å². The number of carbonyl (C=O) groups is 2. The topological polar surface area (TPSA) is 131 Å². The molecule has 2 bridgehead atoms. The smallest absolute Gasteiger partial charge is 0.408 e. The summed E-state index contributed by atoms with van der Waals surface area (Å²) in [6.07, 6.45) is 5.17. The molecule has 0 aromatic heterocycles. The van der Waals surface area contributed by atoms with Crippen molar-refractivity contribution in [2.45, 2.75) is 126 Å².